The van der Waals surface area contributed by atoms with Crippen LogP contribution in [0, 0.1) is 5.95 Å². The topological polar surface area (TPSA) is 68.0 Å². The number of carbonyl (C=O) groups is 1. The molecule has 0 radical (unpaired) electrons. The fraction of sp³-hybridized carbons (Fsp3) is 0.400. The predicted octanol–water partition coefficient (Wildman–Crippen LogP) is 1.29. The average Bonchev–Trinajstić information content (AvgIpc) is 2.22. The number of rotatable bonds is 4. The molecule has 0 fully saturated rings. The first-order chi connectivity index (χ1) is 7.13. The molecule has 1 heterocycles. The summed E-state index contributed by atoms with van der Waals surface area (Å²) in [5.74, 6) is -0.851. The number of aromatic nitrogens is 1. The van der Waals surface area contributed by atoms with Crippen LogP contribution in [0.3, 0.4) is 0 Å². The Bertz CT molecular complexity index is 326. The summed E-state index contributed by atoms with van der Waals surface area (Å²) >= 11 is 0. The molecule has 15 heavy (non-hydrogen) atoms. The van der Waals surface area contributed by atoms with Crippen molar-refractivity contribution in [3.8, 4) is 0 Å². The van der Waals surface area contributed by atoms with Crippen molar-refractivity contribution in [1.29, 1.82) is 0 Å². The van der Waals surface area contributed by atoms with E-state index in [4.69, 9.17) is 5.73 Å². The monoisotopic (exact) mass is 211 g/mol. The molecule has 1 aromatic heterocycles. The van der Waals surface area contributed by atoms with Gasteiger partial charge in [-0.25, -0.2) is 4.98 Å². The van der Waals surface area contributed by atoms with Crippen LogP contribution in [0.4, 0.5) is 10.1 Å². The first-order valence-corrected chi connectivity index (χ1v) is 4.81. The Morgan fingerprint density at radius 2 is 2.40 bits per heavy atom. The standard InChI is InChI=1S/C10H14FN3O/c1-2-3-8(12)10(15)14-7-4-5-9(11)13-6-7/h4-6,8H,2-3,12H2,1H3,(H,14,15)/t8-/m1/s1. The van der Waals surface area contributed by atoms with Gasteiger partial charge in [0.1, 0.15) is 0 Å². The molecular weight excluding hydrogens is 197 g/mol. The van der Waals surface area contributed by atoms with Crippen molar-refractivity contribution in [1.82, 2.24) is 4.98 Å². The van der Waals surface area contributed by atoms with E-state index in [1.54, 1.807) is 0 Å². The largest absolute Gasteiger partial charge is 0.323 e. The van der Waals surface area contributed by atoms with Gasteiger partial charge in [-0.15, -0.1) is 0 Å². The summed E-state index contributed by atoms with van der Waals surface area (Å²) in [6, 6.07) is 2.10. The van der Waals surface area contributed by atoms with Crippen LogP contribution in [-0.4, -0.2) is 16.9 Å². The third-order valence-corrected chi connectivity index (χ3v) is 1.93. The van der Waals surface area contributed by atoms with Crippen LogP contribution in [0.1, 0.15) is 19.8 Å². The van der Waals surface area contributed by atoms with Crippen molar-refractivity contribution < 1.29 is 9.18 Å². The van der Waals surface area contributed by atoms with Crippen LogP contribution >= 0.6 is 0 Å². The van der Waals surface area contributed by atoms with Crippen molar-refractivity contribution in [2.24, 2.45) is 5.73 Å². The van der Waals surface area contributed by atoms with E-state index in [1.807, 2.05) is 6.92 Å². The fourth-order valence-electron chi connectivity index (χ4n) is 1.13. The van der Waals surface area contributed by atoms with Gasteiger partial charge in [-0.2, -0.15) is 4.39 Å². The number of anilines is 1. The molecule has 1 rings (SSSR count). The summed E-state index contributed by atoms with van der Waals surface area (Å²) in [6.07, 6.45) is 2.72. The highest BCUT2D eigenvalue weighted by molar-refractivity contribution is 5.94. The first kappa shape index (κ1) is 11.6. The molecule has 0 aliphatic carbocycles. The number of hydrogen-bond acceptors (Lipinski definition) is 3. The second-order valence-electron chi connectivity index (χ2n) is 3.25. The zero-order valence-corrected chi connectivity index (χ0v) is 8.53. The lowest BCUT2D eigenvalue weighted by Gasteiger charge is -2.10. The van der Waals surface area contributed by atoms with Crippen molar-refractivity contribution in [3.05, 3.63) is 24.3 Å². The van der Waals surface area contributed by atoms with Gasteiger partial charge in [0.15, 0.2) is 0 Å². The van der Waals surface area contributed by atoms with Gasteiger partial charge in [0.2, 0.25) is 11.9 Å². The summed E-state index contributed by atoms with van der Waals surface area (Å²) in [5, 5.41) is 2.56. The molecule has 1 atom stereocenters. The smallest absolute Gasteiger partial charge is 0.241 e. The highest BCUT2D eigenvalue weighted by Gasteiger charge is 2.12. The SMILES string of the molecule is CCC[C@@H](N)C(=O)Nc1ccc(F)nc1. The number of nitrogens with zero attached hydrogens (tertiary/aromatic N) is 1. The van der Waals surface area contributed by atoms with E-state index in [2.05, 4.69) is 10.3 Å². The highest BCUT2D eigenvalue weighted by Crippen LogP contribution is 2.06. The Hall–Kier alpha value is -1.49. The highest BCUT2D eigenvalue weighted by atomic mass is 19.1. The number of halogens is 1. The summed E-state index contributed by atoms with van der Waals surface area (Å²) in [5.41, 5.74) is 6.05. The van der Waals surface area contributed by atoms with Crippen molar-refractivity contribution in [2.45, 2.75) is 25.8 Å². The molecule has 0 spiro atoms. The molecule has 0 saturated carbocycles. The van der Waals surface area contributed by atoms with Gasteiger partial charge in [0.25, 0.3) is 0 Å². The Morgan fingerprint density at radius 1 is 1.67 bits per heavy atom. The molecule has 3 N–H and O–H groups in total. The predicted molar refractivity (Wildman–Crippen MR) is 55.7 cm³/mol. The molecule has 5 heteroatoms. The van der Waals surface area contributed by atoms with Gasteiger partial charge < -0.3 is 11.1 Å². The van der Waals surface area contributed by atoms with Crippen LogP contribution in [0.15, 0.2) is 18.3 Å². The van der Waals surface area contributed by atoms with E-state index < -0.39 is 12.0 Å². The number of hydrogen-bond donors (Lipinski definition) is 2. The summed E-state index contributed by atoms with van der Waals surface area (Å²) in [7, 11) is 0. The minimum Gasteiger partial charge on any atom is -0.323 e. The normalized spacial score (nSPS) is 12.2. The van der Waals surface area contributed by atoms with E-state index >= 15 is 0 Å². The molecule has 0 unspecified atom stereocenters. The van der Waals surface area contributed by atoms with Gasteiger partial charge in [0.05, 0.1) is 17.9 Å². The maximum Gasteiger partial charge on any atom is 0.241 e. The molecule has 0 aliphatic rings. The number of nitrogens with two attached hydrogens (primary N) is 1. The second-order valence-corrected chi connectivity index (χ2v) is 3.25. The lowest BCUT2D eigenvalue weighted by molar-refractivity contribution is -0.117. The molecule has 0 bridgehead atoms. The number of amides is 1. The first-order valence-electron chi connectivity index (χ1n) is 4.81. The van der Waals surface area contributed by atoms with Gasteiger partial charge in [-0.05, 0) is 18.6 Å². The van der Waals surface area contributed by atoms with Gasteiger partial charge in [0, 0.05) is 0 Å². The van der Waals surface area contributed by atoms with Crippen molar-refractivity contribution >= 4 is 11.6 Å². The minimum absolute atomic E-state index is 0.273. The van der Waals surface area contributed by atoms with E-state index in [0.717, 1.165) is 6.42 Å². The summed E-state index contributed by atoms with van der Waals surface area (Å²) < 4.78 is 12.5. The van der Waals surface area contributed by atoms with Crippen LogP contribution < -0.4 is 11.1 Å². The van der Waals surface area contributed by atoms with Crippen molar-refractivity contribution in [3.63, 3.8) is 0 Å². The Kier molecular flexibility index (Phi) is 4.17. The van der Waals surface area contributed by atoms with Gasteiger partial charge >= 0.3 is 0 Å². The van der Waals surface area contributed by atoms with Gasteiger partial charge in [-0.3, -0.25) is 4.79 Å². The molecule has 4 nitrogen and oxygen atoms in total. The lowest BCUT2D eigenvalue weighted by Crippen LogP contribution is -2.35. The molecule has 0 aliphatic heterocycles. The van der Waals surface area contributed by atoms with E-state index in [1.165, 1.54) is 18.3 Å². The molecule has 0 aromatic carbocycles. The second kappa shape index (κ2) is 5.41. The summed E-state index contributed by atoms with van der Waals surface area (Å²) in [4.78, 5) is 14.8. The number of pyridine rings is 1. The van der Waals surface area contributed by atoms with Crippen LogP contribution in [-0.2, 0) is 4.79 Å². The fourth-order valence-corrected chi connectivity index (χ4v) is 1.13. The lowest BCUT2D eigenvalue weighted by atomic mass is 10.1. The van der Waals surface area contributed by atoms with Gasteiger partial charge in [-0.1, -0.05) is 13.3 Å². The van der Waals surface area contributed by atoms with Crippen LogP contribution in [0.25, 0.3) is 0 Å². The molecule has 0 saturated heterocycles. The third kappa shape index (κ3) is 3.63. The molecule has 82 valence electrons. The maximum absolute atomic E-state index is 12.5. The zero-order valence-electron chi connectivity index (χ0n) is 8.53. The Balaban J connectivity index is 2.54. The van der Waals surface area contributed by atoms with E-state index in [9.17, 15) is 9.18 Å². The molecular formula is C10H14FN3O. The number of carbonyl (C=O) groups excluding carboxylic acids is 1. The third-order valence-electron chi connectivity index (χ3n) is 1.93. The van der Waals surface area contributed by atoms with E-state index in [-0.39, 0.29) is 5.91 Å². The van der Waals surface area contributed by atoms with Crippen LogP contribution in [0.5, 0.6) is 0 Å². The summed E-state index contributed by atoms with van der Waals surface area (Å²) in [6.45, 7) is 1.95. The zero-order chi connectivity index (χ0) is 11.3. The quantitative estimate of drug-likeness (QED) is 0.737. The average molecular weight is 211 g/mol. The van der Waals surface area contributed by atoms with Crippen molar-refractivity contribution in [2.75, 3.05) is 5.32 Å². The maximum atomic E-state index is 12.5. The van der Waals surface area contributed by atoms with Crippen LogP contribution in [0.2, 0.25) is 0 Å². The molecule has 1 aromatic rings. The number of nitrogens with one attached hydrogen (secondary N) is 1. The Morgan fingerprint density at radius 3 is 2.93 bits per heavy atom. The van der Waals surface area contributed by atoms with E-state index in [0.29, 0.717) is 12.1 Å². The molecule has 1 amide bonds. The Labute approximate surface area is 87.7 Å². The minimum atomic E-state index is -0.578.